The van der Waals surface area contributed by atoms with Crippen molar-refractivity contribution in [2.24, 2.45) is 0 Å². The van der Waals surface area contributed by atoms with Crippen molar-refractivity contribution in [3.63, 3.8) is 0 Å². The fraction of sp³-hybridized carbons (Fsp3) is 0.489. The monoisotopic (exact) mass is 917 g/mol. The van der Waals surface area contributed by atoms with E-state index in [1.807, 2.05) is 43.5 Å². The second-order valence-electron chi connectivity index (χ2n) is 17.5. The van der Waals surface area contributed by atoms with E-state index >= 15 is 0 Å². The van der Waals surface area contributed by atoms with Crippen molar-refractivity contribution in [2.75, 3.05) is 13.7 Å². The molecule has 2 fully saturated rings. The van der Waals surface area contributed by atoms with E-state index in [1.165, 1.54) is 7.11 Å². The van der Waals surface area contributed by atoms with Gasteiger partial charge in [0.15, 0.2) is 9.92 Å². The lowest BCUT2D eigenvalue weighted by atomic mass is 9.91. The highest BCUT2D eigenvalue weighted by Gasteiger charge is 2.33. The Morgan fingerprint density at radius 1 is 1.00 bits per heavy atom. The van der Waals surface area contributed by atoms with E-state index in [-0.39, 0.29) is 34.6 Å². The van der Waals surface area contributed by atoms with E-state index in [1.54, 1.807) is 34.8 Å². The van der Waals surface area contributed by atoms with Crippen LogP contribution in [0.25, 0.3) is 32.3 Å². The number of hydrogen-bond acceptors (Lipinski definition) is 11. The van der Waals surface area contributed by atoms with Gasteiger partial charge in [0.25, 0.3) is 0 Å². The van der Waals surface area contributed by atoms with E-state index in [0.29, 0.717) is 61.3 Å². The van der Waals surface area contributed by atoms with Crippen molar-refractivity contribution >= 4 is 64.8 Å². The molecule has 1 unspecified atom stereocenters. The van der Waals surface area contributed by atoms with Crippen LogP contribution in [-0.4, -0.2) is 74.5 Å². The van der Waals surface area contributed by atoms with Gasteiger partial charge < -0.3 is 14.6 Å². The molecule has 0 amide bonds. The second-order valence-corrected chi connectivity index (χ2v) is 22.4. The number of aromatic nitrogens is 4. The zero-order valence-corrected chi connectivity index (χ0v) is 39.4. The molecule has 4 aromatic heterocycles. The molecule has 4 heterocycles. The Labute approximate surface area is 374 Å². The van der Waals surface area contributed by atoms with Crippen molar-refractivity contribution in [2.45, 2.75) is 133 Å². The summed E-state index contributed by atoms with van der Waals surface area (Å²) in [5, 5.41) is 19.8. The zero-order chi connectivity index (χ0) is 44.1. The van der Waals surface area contributed by atoms with Gasteiger partial charge in [-0.05, 0) is 108 Å². The van der Waals surface area contributed by atoms with Crippen LogP contribution in [0.15, 0.2) is 58.8 Å². The van der Waals surface area contributed by atoms with Gasteiger partial charge in [-0.25, -0.2) is 32.0 Å². The molecule has 17 heteroatoms. The summed E-state index contributed by atoms with van der Waals surface area (Å²) >= 11 is 3.18. The molecular weight excluding hydrogens is 863 g/mol. The molecule has 0 radical (unpaired) electrons. The number of methoxy groups -OCH3 is 1. The Morgan fingerprint density at radius 3 is 2.34 bits per heavy atom. The van der Waals surface area contributed by atoms with Crippen LogP contribution in [-0.2, 0) is 35.9 Å². The van der Waals surface area contributed by atoms with Gasteiger partial charge in [-0.15, -0.1) is 11.3 Å². The van der Waals surface area contributed by atoms with Gasteiger partial charge in [0.1, 0.15) is 27.7 Å². The number of aryl methyl sites for hydroxylation is 2. The minimum Gasteiger partial charge on any atom is -0.500 e. The summed E-state index contributed by atoms with van der Waals surface area (Å²) in [6.07, 6.45) is 12.3. The zero-order valence-electron chi connectivity index (χ0n) is 36.1. The first-order chi connectivity index (χ1) is 29.5. The smallest absolute Gasteiger partial charge is 0.244 e. The molecule has 3 aliphatic carbocycles. The third-order valence-corrected chi connectivity index (χ3v) is 17.7. The van der Waals surface area contributed by atoms with Gasteiger partial charge in [0.2, 0.25) is 10.0 Å². The maximum absolute atomic E-state index is 14.0. The number of sulfonamides is 1. The van der Waals surface area contributed by atoms with E-state index in [0.717, 1.165) is 84.8 Å². The fourth-order valence-corrected chi connectivity index (χ4v) is 13.7. The summed E-state index contributed by atoms with van der Waals surface area (Å²) in [5.74, 6) is 0.457. The molecule has 330 valence electrons. The molecule has 3 aliphatic rings. The van der Waals surface area contributed by atoms with Crippen LogP contribution < -0.4 is 9.44 Å². The number of nitrogens with one attached hydrogen (secondary N) is 2. The third-order valence-electron chi connectivity index (χ3n) is 12.4. The molecule has 1 atom stereocenters. The van der Waals surface area contributed by atoms with Crippen LogP contribution in [0.4, 0.5) is 0 Å². The first kappa shape index (κ1) is 44.6. The van der Waals surface area contributed by atoms with Crippen molar-refractivity contribution in [1.29, 1.82) is 5.26 Å². The second kappa shape index (κ2) is 17.9. The highest BCUT2D eigenvalue weighted by atomic mass is 32.2. The summed E-state index contributed by atoms with van der Waals surface area (Å²) in [4.78, 5) is 14.1. The maximum atomic E-state index is 14.0. The third kappa shape index (κ3) is 9.03. The van der Waals surface area contributed by atoms with Crippen LogP contribution >= 0.6 is 22.7 Å². The molecule has 2 saturated carbocycles. The van der Waals surface area contributed by atoms with Crippen molar-refractivity contribution in [3.05, 3.63) is 86.3 Å². The Balaban J connectivity index is 0.909. The van der Waals surface area contributed by atoms with Crippen LogP contribution in [0, 0.1) is 25.2 Å². The minimum atomic E-state index is -3.88. The van der Waals surface area contributed by atoms with Crippen molar-refractivity contribution in [3.8, 4) is 17.3 Å². The lowest BCUT2D eigenvalue weighted by Crippen LogP contribution is -2.40. The van der Waals surface area contributed by atoms with Gasteiger partial charge in [-0.1, -0.05) is 37.8 Å². The lowest BCUT2D eigenvalue weighted by molar-refractivity contribution is 0.00194. The van der Waals surface area contributed by atoms with E-state index < -0.39 is 21.0 Å². The van der Waals surface area contributed by atoms with Gasteiger partial charge in [0.05, 0.1) is 59.2 Å². The molecule has 8 rings (SSSR count). The number of nitriles is 1. The van der Waals surface area contributed by atoms with E-state index in [2.05, 4.69) is 46.5 Å². The van der Waals surface area contributed by atoms with Gasteiger partial charge in [-0.2, -0.15) is 5.26 Å². The lowest BCUT2D eigenvalue weighted by Gasteiger charge is -2.32. The number of ether oxygens (including phenoxy) is 2. The molecule has 3 N–H and O–H groups in total. The molecule has 0 aliphatic heterocycles. The number of allylic oxidation sites excluding steroid dienone is 4. The van der Waals surface area contributed by atoms with Crippen LogP contribution in [0.2, 0.25) is 0 Å². The molecule has 13 nitrogen and oxygen atoms in total. The largest absolute Gasteiger partial charge is 0.500 e. The summed E-state index contributed by atoms with van der Waals surface area (Å²) in [5.41, 5.74) is 6.20. The average molecular weight is 918 g/mol. The number of aliphatic hydroxyl groups excluding tert-OH is 1. The van der Waals surface area contributed by atoms with E-state index in [4.69, 9.17) is 19.4 Å². The number of nitrogens with zero attached hydrogens (tertiary/aromatic N) is 5. The summed E-state index contributed by atoms with van der Waals surface area (Å²) < 4.78 is 64.1. The Morgan fingerprint density at radius 2 is 1.66 bits per heavy atom. The van der Waals surface area contributed by atoms with Gasteiger partial charge in [-0.3, -0.25) is 8.80 Å². The van der Waals surface area contributed by atoms with Gasteiger partial charge in [0, 0.05) is 51.6 Å². The number of fused-ring (bicyclic) bond motifs is 2. The van der Waals surface area contributed by atoms with Gasteiger partial charge >= 0.3 is 0 Å². The SMILES string of the molecule is C=C(C)c1cn2c(C3=CC(S(=O)(=O)NC4CCC(OCC(C)(C)c5cn6c(-c7ccc(C#N)c(S(=O)NC8CCC(O)CC8)c7)c(C)nc6s5)CC4)=C(OC)CC3)c(C)nc2s1. The molecule has 0 bridgehead atoms. The normalized spacial score (nSPS) is 21.9. The topological polar surface area (TPSA) is 172 Å². The highest BCUT2D eigenvalue weighted by Crippen LogP contribution is 2.39. The number of aliphatic hydroxyl groups is 1. The number of thiazole rings is 2. The Bertz CT molecular complexity index is 2770. The molecule has 5 aromatic rings. The summed E-state index contributed by atoms with van der Waals surface area (Å²) in [7, 11) is -3.95. The minimum absolute atomic E-state index is 0.000934. The van der Waals surface area contributed by atoms with Crippen LogP contribution in [0.3, 0.4) is 0 Å². The standard InChI is InChI=1S/C45H55N7O6S4/c1-26(2)37-23-51-42(28(4)47-43(51)59-37)30-10-19-36(57-7)39(21-30)62(55,56)50-33-13-17-35(18-14-33)58-25-45(5,6)40-24-52-41(27(3)48-44(52)60-40)29-8-9-31(22-46)38(20-29)61(54)49-32-11-15-34(53)16-12-32/h8-9,20-21,23-24,32-35,49-50,53H,1,10-19,25H2,2-7H3. The fourth-order valence-electron chi connectivity index (χ4n) is 8.80. The highest BCUT2D eigenvalue weighted by molar-refractivity contribution is 7.93. The predicted octanol–water partition coefficient (Wildman–Crippen LogP) is 8.47. The predicted molar refractivity (Wildman–Crippen MR) is 247 cm³/mol. The molecule has 1 aromatic carbocycles. The number of imidazole rings is 2. The van der Waals surface area contributed by atoms with Crippen LogP contribution in [0.1, 0.15) is 117 Å². The average Bonchev–Trinajstić information content (AvgIpc) is 4.00. The summed E-state index contributed by atoms with van der Waals surface area (Å²) in [6, 6.07) is 7.43. The number of rotatable bonds is 14. The Hall–Kier alpha value is -3.99. The van der Waals surface area contributed by atoms with Crippen LogP contribution in [0.5, 0.6) is 0 Å². The maximum Gasteiger partial charge on any atom is 0.244 e. The molecule has 62 heavy (non-hydrogen) atoms. The first-order valence-electron chi connectivity index (χ1n) is 21.2. The quantitative estimate of drug-likeness (QED) is 0.0988. The number of benzene rings is 1. The molecule has 0 saturated heterocycles. The van der Waals surface area contributed by atoms with Crippen molar-refractivity contribution in [1.82, 2.24) is 28.2 Å². The molecule has 0 spiro atoms. The van der Waals surface area contributed by atoms with E-state index in [9.17, 15) is 23.0 Å². The first-order valence-corrected chi connectivity index (χ1v) is 25.5. The number of hydrogen-bond donors (Lipinski definition) is 3. The Kier molecular flexibility index (Phi) is 12.9. The van der Waals surface area contributed by atoms with Crippen molar-refractivity contribution < 1.29 is 27.2 Å². The molecular formula is C45H55N7O6S4. The summed E-state index contributed by atoms with van der Waals surface area (Å²) in [6.45, 7) is 14.8.